The predicted molar refractivity (Wildman–Crippen MR) is 76.0 cm³/mol. The summed E-state index contributed by atoms with van der Waals surface area (Å²) in [5, 5.41) is 0. The Morgan fingerprint density at radius 1 is 1.15 bits per heavy atom. The molecular weight excluding hydrogens is 279 g/mol. The zero-order valence-corrected chi connectivity index (χ0v) is 11.7. The molecule has 0 fully saturated rings. The molecule has 6 heteroatoms. The second kappa shape index (κ2) is 5.60. The summed E-state index contributed by atoms with van der Waals surface area (Å²) in [6.07, 6.45) is 0. The third kappa shape index (κ3) is 3.34. The number of hydrogen-bond acceptors (Lipinski definition) is 3. The van der Waals surface area contributed by atoms with Gasteiger partial charge in [-0.2, -0.15) is 0 Å². The predicted octanol–water partition coefficient (Wildman–Crippen LogP) is 2.19. The van der Waals surface area contributed by atoms with E-state index in [2.05, 4.69) is 4.72 Å². The third-order valence-electron chi connectivity index (χ3n) is 2.82. The van der Waals surface area contributed by atoms with Crippen molar-refractivity contribution in [2.45, 2.75) is 18.4 Å². The molecule has 2 aromatic rings. The number of nitrogens with two attached hydrogens (primary N) is 1. The first kappa shape index (κ1) is 14.5. The lowest BCUT2D eigenvalue weighted by Crippen LogP contribution is -2.24. The quantitative estimate of drug-likeness (QED) is 0.849. The molecule has 0 radical (unpaired) electrons. The van der Waals surface area contributed by atoms with E-state index in [1.54, 1.807) is 31.2 Å². The molecule has 0 spiro atoms. The molecular formula is C14H15FN2O2S. The van der Waals surface area contributed by atoms with Gasteiger partial charge in [0.05, 0.1) is 0 Å². The standard InChI is InChI=1S/C14H15FN2O2S/c1-10-2-7-13(15)14(8-10)20(18,19)17-9-11-3-5-12(16)6-4-11/h2-8,17H,9,16H2,1H3. The number of halogens is 1. The van der Waals surface area contributed by atoms with Crippen LogP contribution >= 0.6 is 0 Å². The van der Waals surface area contributed by atoms with Crippen molar-refractivity contribution in [2.24, 2.45) is 0 Å². The highest BCUT2D eigenvalue weighted by molar-refractivity contribution is 7.89. The molecule has 0 atom stereocenters. The lowest BCUT2D eigenvalue weighted by molar-refractivity contribution is 0.556. The van der Waals surface area contributed by atoms with E-state index in [4.69, 9.17) is 5.73 Å². The minimum Gasteiger partial charge on any atom is -0.399 e. The minimum absolute atomic E-state index is 0.0794. The number of hydrogen-bond donors (Lipinski definition) is 2. The van der Waals surface area contributed by atoms with Crippen LogP contribution in [0.1, 0.15) is 11.1 Å². The minimum atomic E-state index is -3.88. The van der Waals surface area contributed by atoms with Crippen molar-refractivity contribution in [1.29, 1.82) is 0 Å². The molecule has 0 aliphatic rings. The van der Waals surface area contributed by atoms with Crippen LogP contribution in [0.3, 0.4) is 0 Å². The number of anilines is 1. The largest absolute Gasteiger partial charge is 0.399 e. The maximum absolute atomic E-state index is 13.6. The SMILES string of the molecule is Cc1ccc(F)c(S(=O)(=O)NCc2ccc(N)cc2)c1. The average Bonchev–Trinajstić information content (AvgIpc) is 2.41. The summed E-state index contributed by atoms with van der Waals surface area (Å²) in [5.41, 5.74) is 7.57. The van der Waals surface area contributed by atoms with Crippen molar-refractivity contribution in [3.05, 3.63) is 59.4 Å². The normalized spacial score (nSPS) is 11.5. The fraction of sp³-hybridized carbons (Fsp3) is 0.143. The van der Waals surface area contributed by atoms with E-state index >= 15 is 0 Å². The van der Waals surface area contributed by atoms with Gasteiger partial charge in [0, 0.05) is 12.2 Å². The highest BCUT2D eigenvalue weighted by atomic mass is 32.2. The Balaban J connectivity index is 2.19. The van der Waals surface area contributed by atoms with Crippen LogP contribution in [0.25, 0.3) is 0 Å². The monoisotopic (exact) mass is 294 g/mol. The lowest BCUT2D eigenvalue weighted by atomic mass is 10.2. The van der Waals surface area contributed by atoms with Gasteiger partial charge in [-0.05, 0) is 42.3 Å². The number of nitrogens with one attached hydrogen (secondary N) is 1. The summed E-state index contributed by atoms with van der Waals surface area (Å²) in [5.74, 6) is -0.764. The van der Waals surface area contributed by atoms with E-state index in [0.29, 0.717) is 11.3 Å². The van der Waals surface area contributed by atoms with Crippen molar-refractivity contribution in [3.8, 4) is 0 Å². The molecule has 0 aliphatic carbocycles. The molecule has 106 valence electrons. The van der Waals surface area contributed by atoms with Gasteiger partial charge in [-0.25, -0.2) is 17.5 Å². The van der Waals surface area contributed by atoms with Crippen molar-refractivity contribution >= 4 is 15.7 Å². The maximum Gasteiger partial charge on any atom is 0.243 e. The molecule has 0 aliphatic heterocycles. The van der Waals surface area contributed by atoms with Crippen LogP contribution in [0, 0.1) is 12.7 Å². The Labute approximate surface area is 117 Å². The molecule has 0 unspecified atom stereocenters. The van der Waals surface area contributed by atoms with Crippen molar-refractivity contribution < 1.29 is 12.8 Å². The highest BCUT2D eigenvalue weighted by Gasteiger charge is 2.18. The molecule has 0 amide bonds. The van der Waals surface area contributed by atoms with Crippen LogP contribution in [0.2, 0.25) is 0 Å². The zero-order chi connectivity index (χ0) is 14.8. The van der Waals surface area contributed by atoms with Crippen molar-refractivity contribution in [1.82, 2.24) is 4.72 Å². The van der Waals surface area contributed by atoms with Gasteiger partial charge in [-0.3, -0.25) is 0 Å². The zero-order valence-electron chi connectivity index (χ0n) is 10.9. The number of aryl methyl sites for hydroxylation is 1. The summed E-state index contributed by atoms with van der Waals surface area (Å²) in [7, 11) is -3.88. The summed E-state index contributed by atoms with van der Waals surface area (Å²) >= 11 is 0. The van der Waals surface area contributed by atoms with Crippen LogP contribution in [-0.4, -0.2) is 8.42 Å². The van der Waals surface area contributed by atoms with Gasteiger partial charge < -0.3 is 5.73 Å². The third-order valence-corrected chi connectivity index (χ3v) is 4.24. The lowest BCUT2D eigenvalue weighted by Gasteiger charge is -2.08. The van der Waals surface area contributed by atoms with Crippen molar-refractivity contribution in [3.63, 3.8) is 0 Å². The fourth-order valence-electron chi connectivity index (χ4n) is 1.71. The molecule has 20 heavy (non-hydrogen) atoms. The molecule has 2 aromatic carbocycles. The molecule has 0 bridgehead atoms. The Bertz CT molecular complexity index is 712. The Hall–Kier alpha value is -1.92. The Kier molecular flexibility index (Phi) is 4.06. The summed E-state index contributed by atoms with van der Waals surface area (Å²) in [6.45, 7) is 1.79. The molecule has 2 rings (SSSR count). The number of rotatable bonds is 4. The molecule has 0 saturated carbocycles. The first-order chi connectivity index (χ1) is 9.38. The van der Waals surface area contributed by atoms with Gasteiger partial charge in [-0.1, -0.05) is 18.2 Å². The molecule has 3 N–H and O–H groups in total. The Morgan fingerprint density at radius 2 is 1.80 bits per heavy atom. The van der Waals surface area contributed by atoms with Crippen LogP contribution in [0.5, 0.6) is 0 Å². The fourth-order valence-corrected chi connectivity index (χ4v) is 2.89. The van der Waals surface area contributed by atoms with E-state index in [0.717, 1.165) is 11.6 Å². The van der Waals surface area contributed by atoms with E-state index in [9.17, 15) is 12.8 Å². The van der Waals surface area contributed by atoms with Gasteiger partial charge in [-0.15, -0.1) is 0 Å². The first-order valence-corrected chi connectivity index (χ1v) is 7.47. The van der Waals surface area contributed by atoms with E-state index in [1.807, 2.05) is 0 Å². The van der Waals surface area contributed by atoms with Crippen LogP contribution in [0.15, 0.2) is 47.4 Å². The summed E-state index contributed by atoms with van der Waals surface area (Å²) in [4.78, 5) is -0.340. The van der Waals surface area contributed by atoms with E-state index in [1.165, 1.54) is 12.1 Å². The summed E-state index contributed by atoms with van der Waals surface area (Å²) in [6, 6.07) is 10.8. The average molecular weight is 294 g/mol. The molecule has 0 saturated heterocycles. The molecule has 0 aromatic heterocycles. The second-order valence-electron chi connectivity index (χ2n) is 4.50. The molecule has 4 nitrogen and oxygen atoms in total. The van der Waals surface area contributed by atoms with Gasteiger partial charge in [0.2, 0.25) is 10.0 Å². The maximum atomic E-state index is 13.6. The van der Waals surface area contributed by atoms with E-state index < -0.39 is 15.8 Å². The first-order valence-electron chi connectivity index (χ1n) is 5.99. The smallest absolute Gasteiger partial charge is 0.243 e. The van der Waals surface area contributed by atoms with Crippen molar-refractivity contribution in [2.75, 3.05) is 5.73 Å². The van der Waals surface area contributed by atoms with Gasteiger partial charge in [0.15, 0.2) is 0 Å². The number of nitrogen functional groups attached to an aromatic ring is 1. The van der Waals surface area contributed by atoms with Gasteiger partial charge in [0.25, 0.3) is 0 Å². The van der Waals surface area contributed by atoms with Gasteiger partial charge in [0.1, 0.15) is 10.7 Å². The van der Waals surface area contributed by atoms with Crippen LogP contribution < -0.4 is 10.5 Å². The summed E-state index contributed by atoms with van der Waals surface area (Å²) < 4.78 is 40.1. The van der Waals surface area contributed by atoms with E-state index in [-0.39, 0.29) is 11.4 Å². The Morgan fingerprint density at radius 3 is 2.45 bits per heavy atom. The highest BCUT2D eigenvalue weighted by Crippen LogP contribution is 2.16. The van der Waals surface area contributed by atoms with Crippen LogP contribution in [-0.2, 0) is 16.6 Å². The van der Waals surface area contributed by atoms with Gasteiger partial charge >= 0.3 is 0 Å². The number of sulfonamides is 1. The topological polar surface area (TPSA) is 72.2 Å². The molecule has 0 heterocycles. The number of benzene rings is 2. The van der Waals surface area contributed by atoms with Crippen LogP contribution in [0.4, 0.5) is 10.1 Å². The second-order valence-corrected chi connectivity index (χ2v) is 6.24.